The first-order chi connectivity index (χ1) is 6.60. The first-order valence-electron chi connectivity index (χ1n) is 4.94. The Balaban J connectivity index is 3.60. The van der Waals surface area contributed by atoms with E-state index in [1.807, 2.05) is 20.8 Å². The highest BCUT2D eigenvalue weighted by molar-refractivity contribution is 5.78. The van der Waals surface area contributed by atoms with Gasteiger partial charge in [-0.15, -0.1) is 0 Å². The number of alkyl halides is 3. The molecule has 15 heavy (non-hydrogen) atoms. The Bertz CT molecular complexity index is 206. The summed E-state index contributed by atoms with van der Waals surface area (Å²) < 4.78 is 35.3. The zero-order valence-electron chi connectivity index (χ0n) is 9.37. The number of ketones is 1. The Kier molecular flexibility index (Phi) is 5.28. The van der Waals surface area contributed by atoms with Crippen LogP contribution in [0.5, 0.6) is 0 Å². The fourth-order valence-corrected chi connectivity index (χ4v) is 0.983. The van der Waals surface area contributed by atoms with Crippen LogP contribution in [0, 0.1) is 0 Å². The molecule has 0 saturated carbocycles. The van der Waals surface area contributed by atoms with Crippen LogP contribution in [-0.4, -0.2) is 24.0 Å². The first-order valence-corrected chi connectivity index (χ1v) is 4.94. The van der Waals surface area contributed by atoms with Crippen LogP contribution in [0.15, 0.2) is 0 Å². The number of carbonyl (C=O) groups is 1. The van der Waals surface area contributed by atoms with Gasteiger partial charge in [-0.05, 0) is 20.8 Å². The minimum atomic E-state index is -4.23. The Morgan fingerprint density at radius 1 is 1.13 bits per heavy atom. The number of nitrogens with one attached hydrogen (secondary N) is 1. The number of hydrogen-bond acceptors (Lipinski definition) is 2. The van der Waals surface area contributed by atoms with Crippen LogP contribution >= 0.6 is 0 Å². The molecule has 0 unspecified atom stereocenters. The molecule has 0 aromatic rings. The molecule has 0 amide bonds. The van der Waals surface area contributed by atoms with E-state index in [9.17, 15) is 18.0 Å². The van der Waals surface area contributed by atoms with Crippen LogP contribution in [0.1, 0.15) is 40.0 Å². The van der Waals surface area contributed by atoms with Crippen molar-refractivity contribution in [2.24, 2.45) is 0 Å². The third kappa shape index (κ3) is 11.3. The number of hydrogen-bond donors (Lipinski definition) is 1. The van der Waals surface area contributed by atoms with Gasteiger partial charge >= 0.3 is 6.18 Å². The summed E-state index contributed by atoms with van der Waals surface area (Å²) in [6.07, 6.45) is -5.49. The maximum atomic E-state index is 11.8. The first kappa shape index (κ1) is 14.4. The van der Waals surface area contributed by atoms with Crippen molar-refractivity contribution in [2.45, 2.75) is 51.7 Å². The highest BCUT2D eigenvalue weighted by Gasteiger charge is 2.27. The summed E-state index contributed by atoms with van der Waals surface area (Å²) in [6, 6.07) is 0. The molecule has 1 N–H and O–H groups in total. The van der Waals surface area contributed by atoms with Gasteiger partial charge in [-0.25, -0.2) is 0 Å². The van der Waals surface area contributed by atoms with Crippen molar-refractivity contribution < 1.29 is 18.0 Å². The predicted octanol–water partition coefficient (Wildman–Crippen LogP) is 2.68. The van der Waals surface area contributed by atoms with Gasteiger partial charge in [-0.2, -0.15) is 13.2 Å². The predicted molar refractivity (Wildman–Crippen MR) is 52.7 cm³/mol. The van der Waals surface area contributed by atoms with Crippen LogP contribution in [0.4, 0.5) is 13.2 Å². The zero-order chi connectivity index (χ0) is 12.1. The second kappa shape index (κ2) is 5.49. The van der Waals surface area contributed by atoms with E-state index >= 15 is 0 Å². The topological polar surface area (TPSA) is 29.1 Å². The number of Topliss-reactive ketones (excluding diaryl/α,β-unsaturated/α-hetero) is 1. The summed E-state index contributed by atoms with van der Waals surface area (Å²) in [5.74, 6) is -0.343. The van der Waals surface area contributed by atoms with E-state index in [1.165, 1.54) is 0 Å². The van der Waals surface area contributed by atoms with Gasteiger partial charge < -0.3 is 5.32 Å². The summed E-state index contributed by atoms with van der Waals surface area (Å²) in [7, 11) is 0. The lowest BCUT2D eigenvalue weighted by Crippen LogP contribution is -2.37. The van der Waals surface area contributed by atoms with Crippen molar-refractivity contribution in [3.63, 3.8) is 0 Å². The van der Waals surface area contributed by atoms with Crippen molar-refractivity contribution in [1.29, 1.82) is 0 Å². The second-order valence-electron chi connectivity index (χ2n) is 4.58. The maximum absolute atomic E-state index is 11.8. The number of halogens is 3. The van der Waals surface area contributed by atoms with Crippen LogP contribution in [0.2, 0.25) is 0 Å². The van der Waals surface area contributed by atoms with Crippen LogP contribution < -0.4 is 5.32 Å². The third-order valence-corrected chi connectivity index (χ3v) is 1.75. The van der Waals surface area contributed by atoms with Gasteiger partial charge in [-0.1, -0.05) is 0 Å². The largest absolute Gasteiger partial charge is 0.389 e. The molecule has 0 bridgehead atoms. The number of rotatable bonds is 5. The van der Waals surface area contributed by atoms with E-state index in [-0.39, 0.29) is 17.7 Å². The van der Waals surface area contributed by atoms with Gasteiger partial charge in [0.15, 0.2) is 0 Å². The minimum Gasteiger partial charge on any atom is -0.312 e. The third-order valence-electron chi connectivity index (χ3n) is 1.75. The van der Waals surface area contributed by atoms with E-state index in [2.05, 4.69) is 5.32 Å². The lowest BCUT2D eigenvalue weighted by Gasteiger charge is -2.20. The molecule has 0 aromatic heterocycles. The molecule has 0 aliphatic rings. The monoisotopic (exact) mass is 225 g/mol. The zero-order valence-corrected chi connectivity index (χ0v) is 9.37. The van der Waals surface area contributed by atoms with Crippen molar-refractivity contribution in [3.05, 3.63) is 0 Å². The molecule has 0 aromatic carbocycles. The molecule has 0 fully saturated rings. The molecule has 0 atom stereocenters. The van der Waals surface area contributed by atoms with Gasteiger partial charge in [-0.3, -0.25) is 4.79 Å². The summed E-state index contributed by atoms with van der Waals surface area (Å²) in [6.45, 7) is 6.24. The van der Waals surface area contributed by atoms with Crippen LogP contribution in [0.3, 0.4) is 0 Å². The molecule has 5 heteroatoms. The van der Waals surface area contributed by atoms with Crippen molar-refractivity contribution in [2.75, 3.05) is 6.54 Å². The van der Waals surface area contributed by atoms with E-state index in [1.54, 1.807) is 0 Å². The smallest absolute Gasteiger partial charge is 0.312 e. The normalized spacial score (nSPS) is 12.9. The lowest BCUT2D eigenvalue weighted by molar-refractivity contribution is -0.143. The van der Waals surface area contributed by atoms with E-state index in [4.69, 9.17) is 0 Å². The highest BCUT2D eigenvalue weighted by Crippen LogP contribution is 2.21. The Labute approximate surface area is 88.2 Å². The molecule has 0 spiro atoms. The van der Waals surface area contributed by atoms with Gasteiger partial charge in [0.25, 0.3) is 0 Å². The molecule has 0 heterocycles. The Morgan fingerprint density at radius 2 is 1.67 bits per heavy atom. The van der Waals surface area contributed by atoms with Gasteiger partial charge in [0.1, 0.15) is 5.78 Å². The molecule has 0 rings (SSSR count). The van der Waals surface area contributed by atoms with E-state index in [0.717, 1.165) is 0 Å². The fraction of sp³-hybridized carbons (Fsp3) is 0.900. The fourth-order valence-electron chi connectivity index (χ4n) is 0.983. The lowest BCUT2D eigenvalue weighted by atomic mass is 10.1. The second-order valence-corrected chi connectivity index (χ2v) is 4.58. The van der Waals surface area contributed by atoms with Crippen LogP contribution in [-0.2, 0) is 4.79 Å². The van der Waals surface area contributed by atoms with Gasteiger partial charge in [0.05, 0.1) is 6.42 Å². The molecule has 0 aliphatic heterocycles. The number of carbonyl (C=O) groups excluding carboxylic acids is 1. The van der Waals surface area contributed by atoms with E-state index < -0.39 is 19.0 Å². The summed E-state index contributed by atoms with van der Waals surface area (Å²) >= 11 is 0. The Morgan fingerprint density at radius 3 is 2.07 bits per heavy atom. The van der Waals surface area contributed by atoms with Crippen molar-refractivity contribution >= 4 is 5.78 Å². The van der Waals surface area contributed by atoms with Crippen molar-refractivity contribution in [1.82, 2.24) is 5.32 Å². The quantitative estimate of drug-likeness (QED) is 0.779. The molecule has 0 aliphatic carbocycles. The molecule has 0 saturated heterocycles. The summed E-state index contributed by atoms with van der Waals surface area (Å²) in [5, 5.41) is 3.05. The summed E-state index contributed by atoms with van der Waals surface area (Å²) in [5.41, 5.74) is -0.107. The van der Waals surface area contributed by atoms with E-state index in [0.29, 0.717) is 6.54 Å². The van der Waals surface area contributed by atoms with Gasteiger partial charge in [0.2, 0.25) is 0 Å². The molecule has 0 radical (unpaired) electrons. The molecular weight excluding hydrogens is 207 g/mol. The van der Waals surface area contributed by atoms with Gasteiger partial charge in [0, 0.05) is 24.9 Å². The highest BCUT2D eigenvalue weighted by atomic mass is 19.4. The standard InChI is InChI=1S/C10H18F3NO/c1-9(2,3)14-7-5-8(15)4-6-10(11,12)13/h14H,4-7H2,1-3H3. The van der Waals surface area contributed by atoms with Crippen LogP contribution in [0.25, 0.3) is 0 Å². The average Bonchev–Trinajstić information content (AvgIpc) is 1.97. The molecular formula is C10H18F3NO. The molecule has 90 valence electrons. The minimum absolute atomic E-state index is 0.107. The SMILES string of the molecule is CC(C)(C)NCCC(=O)CCC(F)(F)F. The summed E-state index contributed by atoms with van der Waals surface area (Å²) in [4.78, 5) is 11.0. The maximum Gasteiger partial charge on any atom is 0.389 e. The van der Waals surface area contributed by atoms with Crippen molar-refractivity contribution in [3.8, 4) is 0 Å². The Hall–Kier alpha value is -0.580. The average molecular weight is 225 g/mol. The molecule has 2 nitrogen and oxygen atoms in total.